The van der Waals surface area contributed by atoms with Crippen molar-refractivity contribution in [1.29, 1.82) is 0 Å². The summed E-state index contributed by atoms with van der Waals surface area (Å²) in [5, 5.41) is 2.52. The first-order chi connectivity index (χ1) is 22.9. The van der Waals surface area contributed by atoms with Crippen molar-refractivity contribution in [2.75, 3.05) is 9.80 Å². The molecule has 0 spiro atoms. The molecule has 0 radical (unpaired) electrons. The van der Waals surface area contributed by atoms with Crippen molar-refractivity contribution in [3.05, 3.63) is 170 Å². The van der Waals surface area contributed by atoms with E-state index in [4.69, 9.17) is 0 Å². The zero-order valence-electron chi connectivity index (χ0n) is 25.1. The summed E-state index contributed by atoms with van der Waals surface area (Å²) in [4.78, 5) is 4.94. The average Bonchev–Trinajstić information content (AvgIpc) is 3.46. The maximum atomic E-state index is 2.47. The van der Waals surface area contributed by atoms with E-state index in [1.807, 2.05) is 0 Å². The summed E-state index contributed by atoms with van der Waals surface area (Å²) in [5.41, 5.74) is 14.7. The van der Waals surface area contributed by atoms with Gasteiger partial charge in [-0.25, -0.2) is 0 Å². The van der Waals surface area contributed by atoms with Crippen LogP contribution in [-0.4, -0.2) is 11.3 Å². The van der Waals surface area contributed by atoms with Gasteiger partial charge in [0, 0.05) is 44.9 Å². The summed E-state index contributed by atoms with van der Waals surface area (Å²) >= 11 is 0. The van der Waals surface area contributed by atoms with Gasteiger partial charge < -0.3 is 14.4 Å². The molecule has 0 bridgehead atoms. The summed E-state index contributed by atoms with van der Waals surface area (Å²) in [7, 11) is 0. The SMILES string of the molecule is c1ccc(N2c3ccccc3B3c4ccccc4N(c4ccccc4)c4cc(-n5c6ccccc6c6ccccc65)cc2c43)cc1. The molecule has 7 aromatic carbocycles. The number of anilines is 6. The number of para-hydroxylation sites is 6. The number of aromatic nitrogens is 1. The van der Waals surface area contributed by atoms with Crippen LogP contribution in [0.2, 0.25) is 0 Å². The van der Waals surface area contributed by atoms with Gasteiger partial charge in [-0.2, -0.15) is 0 Å². The Labute approximate surface area is 268 Å². The van der Waals surface area contributed by atoms with Crippen LogP contribution in [0, 0.1) is 0 Å². The number of benzene rings is 7. The first-order valence-electron chi connectivity index (χ1n) is 15.9. The Morgan fingerprint density at radius 2 is 0.761 bits per heavy atom. The highest BCUT2D eigenvalue weighted by atomic mass is 15.2. The van der Waals surface area contributed by atoms with E-state index in [9.17, 15) is 0 Å². The van der Waals surface area contributed by atoms with E-state index in [2.05, 4.69) is 184 Å². The maximum Gasteiger partial charge on any atom is 0.252 e. The molecular formula is C42H28BN3. The molecule has 0 N–H and O–H groups in total. The molecule has 3 heterocycles. The molecule has 0 amide bonds. The molecule has 10 rings (SSSR count). The second-order valence-electron chi connectivity index (χ2n) is 12.2. The van der Waals surface area contributed by atoms with Crippen molar-refractivity contribution < 1.29 is 0 Å². The average molecular weight is 586 g/mol. The molecule has 0 saturated heterocycles. The van der Waals surface area contributed by atoms with Crippen molar-refractivity contribution in [2.24, 2.45) is 0 Å². The van der Waals surface area contributed by atoms with E-state index >= 15 is 0 Å². The van der Waals surface area contributed by atoms with E-state index in [0.717, 1.165) is 17.1 Å². The van der Waals surface area contributed by atoms with Gasteiger partial charge in [0.1, 0.15) is 0 Å². The Morgan fingerprint density at radius 3 is 1.26 bits per heavy atom. The van der Waals surface area contributed by atoms with Gasteiger partial charge in [0.15, 0.2) is 0 Å². The third-order valence-corrected chi connectivity index (χ3v) is 9.74. The predicted molar refractivity (Wildman–Crippen MR) is 195 cm³/mol. The third-order valence-electron chi connectivity index (χ3n) is 9.74. The van der Waals surface area contributed by atoms with Crippen LogP contribution in [-0.2, 0) is 0 Å². The lowest BCUT2D eigenvalue weighted by atomic mass is 9.33. The van der Waals surface area contributed by atoms with Gasteiger partial charge in [-0.3, -0.25) is 0 Å². The lowest BCUT2D eigenvalue weighted by Gasteiger charge is -2.44. The smallest absolute Gasteiger partial charge is 0.252 e. The van der Waals surface area contributed by atoms with E-state index < -0.39 is 0 Å². The van der Waals surface area contributed by atoms with E-state index in [1.165, 1.54) is 60.9 Å². The second kappa shape index (κ2) is 9.75. The summed E-state index contributed by atoms with van der Waals surface area (Å²) in [6.07, 6.45) is 0. The molecule has 0 saturated carbocycles. The van der Waals surface area contributed by atoms with Crippen molar-refractivity contribution in [3.8, 4) is 5.69 Å². The van der Waals surface area contributed by atoms with Gasteiger partial charge in [-0.1, -0.05) is 109 Å². The molecule has 8 aromatic rings. The van der Waals surface area contributed by atoms with Crippen LogP contribution in [0.25, 0.3) is 27.5 Å². The largest absolute Gasteiger partial charge is 0.311 e. The van der Waals surface area contributed by atoms with E-state index in [-0.39, 0.29) is 6.71 Å². The number of fused-ring (bicyclic) bond motifs is 7. The minimum atomic E-state index is 0.101. The molecule has 46 heavy (non-hydrogen) atoms. The topological polar surface area (TPSA) is 11.4 Å². The minimum Gasteiger partial charge on any atom is -0.311 e. The highest BCUT2D eigenvalue weighted by Gasteiger charge is 2.43. The summed E-state index contributed by atoms with van der Waals surface area (Å²) in [6.45, 7) is 0.101. The molecule has 1 aromatic heterocycles. The van der Waals surface area contributed by atoms with Crippen molar-refractivity contribution >= 4 is 79.0 Å². The monoisotopic (exact) mass is 585 g/mol. The lowest BCUT2D eigenvalue weighted by Crippen LogP contribution is -2.61. The van der Waals surface area contributed by atoms with Crippen LogP contribution < -0.4 is 26.2 Å². The van der Waals surface area contributed by atoms with E-state index in [0.29, 0.717) is 0 Å². The van der Waals surface area contributed by atoms with Crippen LogP contribution >= 0.6 is 0 Å². The fourth-order valence-electron chi connectivity index (χ4n) is 7.92. The Bertz CT molecular complexity index is 2280. The van der Waals surface area contributed by atoms with E-state index in [1.54, 1.807) is 0 Å². The molecule has 0 fully saturated rings. The van der Waals surface area contributed by atoms with Gasteiger partial charge in [-0.15, -0.1) is 0 Å². The molecular weight excluding hydrogens is 557 g/mol. The van der Waals surface area contributed by atoms with Gasteiger partial charge in [0.25, 0.3) is 6.71 Å². The van der Waals surface area contributed by atoms with Gasteiger partial charge in [0.05, 0.1) is 16.7 Å². The Hall–Kier alpha value is -6.00. The fourth-order valence-corrected chi connectivity index (χ4v) is 7.92. The molecule has 0 unspecified atom stereocenters. The maximum absolute atomic E-state index is 2.47. The fraction of sp³-hybridized carbons (Fsp3) is 0. The van der Waals surface area contributed by atoms with Gasteiger partial charge in [-0.05, 0) is 77.1 Å². The first kappa shape index (κ1) is 25.3. The standard InChI is InChI=1S/C42H28BN3/c1-3-15-29(16-4-1)44-38-25-13-9-21-34(38)43-35-22-10-14-26-39(35)45(30-17-5-2-6-18-30)41-28-31(27-40(44)42(41)43)46-36-23-11-7-19-32(36)33-20-8-12-24-37(33)46/h1-28H. The normalized spacial score (nSPS) is 13.1. The number of hydrogen-bond donors (Lipinski definition) is 0. The Balaban J connectivity index is 1.38. The quantitative estimate of drug-likeness (QED) is 0.192. The molecule has 0 atom stereocenters. The first-order valence-corrected chi connectivity index (χ1v) is 15.9. The van der Waals surface area contributed by atoms with Gasteiger partial charge in [0.2, 0.25) is 0 Å². The number of rotatable bonds is 3. The Kier molecular flexibility index (Phi) is 5.37. The predicted octanol–water partition coefficient (Wildman–Crippen LogP) is 8.87. The highest BCUT2D eigenvalue weighted by Crippen LogP contribution is 2.45. The molecule has 2 aliphatic heterocycles. The zero-order valence-corrected chi connectivity index (χ0v) is 25.1. The molecule has 2 aliphatic rings. The Morgan fingerprint density at radius 1 is 0.348 bits per heavy atom. The number of nitrogens with zero attached hydrogens (tertiary/aromatic N) is 3. The van der Waals surface area contributed by atoms with Crippen LogP contribution in [0.1, 0.15) is 0 Å². The molecule has 0 aliphatic carbocycles. The lowest BCUT2D eigenvalue weighted by molar-refractivity contribution is 1.16. The van der Waals surface area contributed by atoms with Crippen LogP contribution in [0.4, 0.5) is 34.1 Å². The van der Waals surface area contributed by atoms with Crippen molar-refractivity contribution in [1.82, 2.24) is 4.57 Å². The van der Waals surface area contributed by atoms with Crippen LogP contribution in [0.5, 0.6) is 0 Å². The molecule has 3 nitrogen and oxygen atoms in total. The minimum absolute atomic E-state index is 0.101. The van der Waals surface area contributed by atoms with Crippen LogP contribution in [0.15, 0.2) is 170 Å². The number of hydrogen-bond acceptors (Lipinski definition) is 2. The second-order valence-corrected chi connectivity index (χ2v) is 12.2. The summed E-state index contributed by atoms with van der Waals surface area (Å²) < 4.78 is 2.45. The van der Waals surface area contributed by atoms with Crippen molar-refractivity contribution in [2.45, 2.75) is 0 Å². The summed E-state index contributed by atoms with van der Waals surface area (Å²) in [6, 6.07) is 62.0. The third kappa shape index (κ3) is 3.50. The summed E-state index contributed by atoms with van der Waals surface area (Å²) in [5.74, 6) is 0. The van der Waals surface area contributed by atoms with Gasteiger partial charge >= 0.3 is 0 Å². The molecule has 214 valence electrons. The molecule has 4 heteroatoms. The zero-order chi connectivity index (χ0) is 30.2. The van der Waals surface area contributed by atoms with Crippen molar-refractivity contribution in [3.63, 3.8) is 0 Å². The van der Waals surface area contributed by atoms with Crippen LogP contribution in [0.3, 0.4) is 0 Å². The highest BCUT2D eigenvalue weighted by molar-refractivity contribution is 7.00.